The number of carbonyl (C=O) groups is 3. The van der Waals surface area contributed by atoms with Gasteiger partial charge in [0, 0.05) is 5.69 Å². The average Bonchev–Trinajstić information content (AvgIpc) is 2.84. The van der Waals surface area contributed by atoms with Gasteiger partial charge in [0.05, 0.1) is 4.91 Å². The molecule has 24 heavy (non-hydrogen) atoms. The van der Waals surface area contributed by atoms with Crippen LogP contribution in [0.25, 0.3) is 6.08 Å². The second kappa shape index (κ2) is 7.14. The number of thioether (sulfide) groups is 1. The molecule has 6 heteroatoms. The highest BCUT2D eigenvalue weighted by molar-refractivity contribution is 8.18. The van der Waals surface area contributed by atoms with Crippen LogP contribution in [0.4, 0.5) is 10.5 Å². The lowest BCUT2D eigenvalue weighted by Gasteiger charge is -2.12. The third-order valence-corrected chi connectivity index (χ3v) is 4.24. The van der Waals surface area contributed by atoms with E-state index in [4.69, 9.17) is 0 Å². The van der Waals surface area contributed by atoms with Crippen LogP contribution in [0.15, 0.2) is 65.6 Å². The van der Waals surface area contributed by atoms with Crippen molar-refractivity contribution in [1.29, 1.82) is 0 Å². The summed E-state index contributed by atoms with van der Waals surface area (Å²) in [7, 11) is 0. The molecule has 120 valence electrons. The molecule has 3 amide bonds. The predicted octanol–water partition coefficient (Wildman–Crippen LogP) is 3.36. The van der Waals surface area contributed by atoms with Crippen molar-refractivity contribution in [2.24, 2.45) is 0 Å². The number of imide groups is 1. The molecule has 0 unspecified atom stereocenters. The average molecular weight is 338 g/mol. The zero-order valence-electron chi connectivity index (χ0n) is 12.6. The lowest BCUT2D eigenvalue weighted by Crippen LogP contribution is -2.36. The van der Waals surface area contributed by atoms with E-state index < -0.39 is 17.1 Å². The second-order valence-electron chi connectivity index (χ2n) is 5.09. The first-order valence-corrected chi connectivity index (χ1v) is 8.10. The van der Waals surface area contributed by atoms with Gasteiger partial charge in [-0.05, 0) is 35.5 Å². The van der Waals surface area contributed by atoms with Gasteiger partial charge in [0.15, 0.2) is 0 Å². The first kappa shape index (κ1) is 16.0. The third kappa shape index (κ3) is 3.72. The van der Waals surface area contributed by atoms with E-state index in [9.17, 15) is 14.4 Å². The Morgan fingerprint density at radius 2 is 1.62 bits per heavy atom. The molecule has 0 saturated carbocycles. The minimum absolute atomic E-state index is 0.300. The van der Waals surface area contributed by atoms with E-state index in [-0.39, 0.29) is 6.54 Å². The predicted molar refractivity (Wildman–Crippen MR) is 94.2 cm³/mol. The molecule has 0 spiro atoms. The molecule has 5 nitrogen and oxygen atoms in total. The van der Waals surface area contributed by atoms with Crippen molar-refractivity contribution >= 4 is 40.6 Å². The number of carbonyl (C=O) groups excluding carboxylic acids is 3. The fourth-order valence-corrected chi connectivity index (χ4v) is 3.04. The molecule has 3 rings (SSSR count). The van der Waals surface area contributed by atoms with Crippen LogP contribution >= 0.6 is 11.8 Å². The molecule has 1 aliphatic heterocycles. The van der Waals surface area contributed by atoms with E-state index in [1.165, 1.54) is 0 Å². The van der Waals surface area contributed by atoms with Crippen LogP contribution in [-0.2, 0) is 9.59 Å². The Morgan fingerprint density at radius 3 is 2.29 bits per heavy atom. The zero-order valence-corrected chi connectivity index (χ0v) is 13.5. The highest BCUT2D eigenvalue weighted by Gasteiger charge is 2.36. The number of hydrogen-bond acceptors (Lipinski definition) is 4. The summed E-state index contributed by atoms with van der Waals surface area (Å²) in [5.41, 5.74) is 1.45. The van der Waals surface area contributed by atoms with Gasteiger partial charge >= 0.3 is 0 Å². The smallest absolute Gasteiger partial charge is 0.294 e. The molecular formula is C18H14N2O3S. The molecule has 0 aliphatic carbocycles. The minimum atomic E-state index is -0.447. The summed E-state index contributed by atoms with van der Waals surface area (Å²) in [6, 6.07) is 18.1. The molecule has 0 bridgehead atoms. The summed E-state index contributed by atoms with van der Waals surface area (Å²) in [5, 5.41) is 2.22. The molecule has 0 aromatic heterocycles. The normalized spacial score (nSPS) is 15.8. The lowest BCUT2D eigenvalue weighted by molar-refractivity contribution is -0.127. The van der Waals surface area contributed by atoms with E-state index in [2.05, 4.69) is 5.32 Å². The molecule has 0 atom stereocenters. The largest absolute Gasteiger partial charge is 0.325 e. The van der Waals surface area contributed by atoms with Crippen LogP contribution in [0, 0.1) is 0 Å². The van der Waals surface area contributed by atoms with Crippen molar-refractivity contribution < 1.29 is 14.4 Å². The molecule has 2 aromatic rings. The fourth-order valence-electron chi connectivity index (χ4n) is 2.20. The summed E-state index contributed by atoms with van der Waals surface area (Å²) >= 11 is 0.843. The van der Waals surface area contributed by atoms with Gasteiger partial charge in [0.1, 0.15) is 6.54 Å². The molecule has 0 radical (unpaired) electrons. The van der Waals surface area contributed by atoms with E-state index in [0.29, 0.717) is 10.6 Å². The van der Waals surface area contributed by atoms with Crippen LogP contribution < -0.4 is 5.32 Å². The van der Waals surface area contributed by atoms with Gasteiger partial charge in [-0.15, -0.1) is 0 Å². The van der Waals surface area contributed by atoms with Gasteiger partial charge in [0.25, 0.3) is 11.1 Å². The quantitative estimate of drug-likeness (QED) is 0.868. The first-order chi connectivity index (χ1) is 11.6. The summed E-state index contributed by atoms with van der Waals surface area (Å²) < 4.78 is 0. The molecule has 1 N–H and O–H groups in total. The van der Waals surface area contributed by atoms with Crippen molar-refractivity contribution in [1.82, 2.24) is 4.90 Å². The molecular weight excluding hydrogens is 324 g/mol. The number of nitrogens with zero attached hydrogens (tertiary/aromatic N) is 1. The van der Waals surface area contributed by atoms with Crippen LogP contribution in [-0.4, -0.2) is 28.5 Å². The van der Waals surface area contributed by atoms with Gasteiger partial charge in [-0.25, -0.2) is 0 Å². The van der Waals surface area contributed by atoms with E-state index in [0.717, 1.165) is 22.2 Å². The van der Waals surface area contributed by atoms with Gasteiger partial charge in [0.2, 0.25) is 5.91 Å². The Balaban J connectivity index is 1.68. The maximum Gasteiger partial charge on any atom is 0.294 e. The number of para-hydroxylation sites is 1. The van der Waals surface area contributed by atoms with Crippen LogP contribution in [0.2, 0.25) is 0 Å². The number of hydrogen-bond donors (Lipinski definition) is 1. The van der Waals surface area contributed by atoms with Crippen molar-refractivity contribution in [3.05, 3.63) is 71.1 Å². The van der Waals surface area contributed by atoms with Crippen LogP contribution in [0.3, 0.4) is 0 Å². The van der Waals surface area contributed by atoms with Crippen molar-refractivity contribution in [3.63, 3.8) is 0 Å². The van der Waals surface area contributed by atoms with E-state index in [1.807, 2.05) is 36.4 Å². The maximum atomic E-state index is 12.3. The second-order valence-corrected chi connectivity index (χ2v) is 6.09. The number of amides is 3. The highest BCUT2D eigenvalue weighted by atomic mass is 32.2. The number of nitrogens with one attached hydrogen (secondary N) is 1. The van der Waals surface area contributed by atoms with Gasteiger partial charge < -0.3 is 5.32 Å². The topological polar surface area (TPSA) is 66.5 Å². The monoisotopic (exact) mass is 338 g/mol. The summed E-state index contributed by atoms with van der Waals surface area (Å²) in [5.74, 6) is -0.860. The Morgan fingerprint density at radius 1 is 1.00 bits per heavy atom. The molecule has 1 fully saturated rings. The zero-order chi connectivity index (χ0) is 16.9. The summed E-state index contributed by atoms with van der Waals surface area (Å²) in [6.07, 6.45) is 1.65. The summed E-state index contributed by atoms with van der Waals surface area (Å²) in [4.78, 5) is 37.7. The highest BCUT2D eigenvalue weighted by Crippen LogP contribution is 2.31. The number of benzene rings is 2. The lowest BCUT2D eigenvalue weighted by atomic mass is 10.2. The van der Waals surface area contributed by atoms with Crippen LogP contribution in [0.5, 0.6) is 0 Å². The van der Waals surface area contributed by atoms with Crippen molar-refractivity contribution in [3.8, 4) is 0 Å². The Hall–Kier alpha value is -2.86. The standard InChI is InChI=1S/C18H14N2O3S/c21-16(19-14-9-5-2-6-10-14)12-20-17(22)15(24-18(20)23)11-13-7-3-1-4-8-13/h1-11H,12H2,(H,19,21)/b15-11+. The molecule has 1 aliphatic rings. The maximum absolute atomic E-state index is 12.3. The first-order valence-electron chi connectivity index (χ1n) is 7.29. The molecule has 1 saturated heterocycles. The SMILES string of the molecule is O=C(CN1C(=O)S/C(=C/c2ccccc2)C1=O)Nc1ccccc1. The Labute approximate surface area is 143 Å². The number of anilines is 1. The van der Waals surface area contributed by atoms with Crippen LogP contribution in [0.1, 0.15) is 5.56 Å². The Bertz CT molecular complexity index is 804. The van der Waals surface area contributed by atoms with Crippen molar-refractivity contribution in [2.45, 2.75) is 0 Å². The van der Waals surface area contributed by atoms with Gasteiger partial charge in [-0.3, -0.25) is 19.3 Å². The minimum Gasteiger partial charge on any atom is -0.325 e. The molecule has 2 aromatic carbocycles. The van der Waals surface area contributed by atoms with Crippen molar-refractivity contribution in [2.75, 3.05) is 11.9 Å². The molecule has 1 heterocycles. The van der Waals surface area contributed by atoms with E-state index >= 15 is 0 Å². The Kier molecular flexibility index (Phi) is 4.77. The van der Waals surface area contributed by atoms with Gasteiger partial charge in [-0.1, -0.05) is 48.5 Å². The number of rotatable bonds is 4. The fraction of sp³-hybridized carbons (Fsp3) is 0.0556. The van der Waals surface area contributed by atoms with E-state index in [1.54, 1.807) is 30.3 Å². The summed E-state index contributed by atoms with van der Waals surface area (Å²) in [6.45, 7) is -0.300. The third-order valence-electron chi connectivity index (χ3n) is 3.33. The van der Waals surface area contributed by atoms with Gasteiger partial charge in [-0.2, -0.15) is 0 Å².